The molecule has 2 aromatic carbocycles. The number of hydrogen-bond acceptors (Lipinski definition) is 5. The van der Waals surface area contributed by atoms with Crippen LogP contribution in [0.3, 0.4) is 0 Å². The number of fused-ring (bicyclic) bond motifs is 1. The van der Waals surface area contributed by atoms with Crippen LogP contribution in [0.5, 0.6) is 0 Å². The molecule has 4 rings (SSSR count). The highest BCUT2D eigenvalue weighted by atomic mass is 35.5. The number of carbonyl (C=O) groups is 2. The Morgan fingerprint density at radius 2 is 1.86 bits per heavy atom. The summed E-state index contributed by atoms with van der Waals surface area (Å²) in [7, 11) is -3.39. The summed E-state index contributed by atoms with van der Waals surface area (Å²) >= 11 is 13.1. The van der Waals surface area contributed by atoms with Gasteiger partial charge in [-0.05, 0) is 53.8 Å². The van der Waals surface area contributed by atoms with E-state index in [1.54, 1.807) is 31.2 Å². The maximum absolute atomic E-state index is 13.5. The summed E-state index contributed by atoms with van der Waals surface area (Å²) in [5.41, 5.74) is 3.44. The second-order valence-electron chi connectivity index (χ2n) is 8.49. The van der Waals surface area contributed by atoms with Gasteiger partial charge in [0, 0.05) is 24.7 Å². The van der Waals surface area contributed by atoms with Crippen molar-refractivity contribution in [2.75, 3.05) is 30.8 Å². The van der Waals surface area contributed by atoms with Gasteiger partial charge in [0.25, 0.3) is 5.91 Å². The summed E-state index contributed by atoms with van der Waals surface area (Å²) in [4.78, 5) is 27.5. The normalized spacial score (nSPS) is 18.0. The van der Waals surface area contributed by atoms with Crippen LogP contribution in [0.4, 0.5) is 5.69 Å². The van der Waals surface area contributed by atoms with E-state index in [0.717, 1.165) is 11.1 Å². The number of nitrogens with one attached hydrogen (secondary N) is 1. The van der Waals surface area contributed by atoms with Crippen molar-refractivity contribution >= 4 is 56.1 Å². The molecule has 35 heavy (non-hydrogen) atoms. The predicted molar refractivity (Wildman–Crippen MR) is 137 cm³/mol. The number of hydrogen-bond donors (Lipinski definition) is 1. The van der Waals surface area contributed by atoms with E-state index >= 15 is 0 Å². The molecule has 2 heterocycles. The van der Waals surface area contributed by atoms with Crippen molar-refractivity contribution in [3.8, 4) is 0 Å². The molecule has 0 saturated heterocycles. The second kappa shape index (κ2) is 10.3. The minimum atomic E-state index is -3.39. The number of benzene rings is 2. The standard InChI is InChI=1S/C25H26Cl2N2O5S/c1-3-35(32,33)19-4-5-20-17(12-19)6-9-29(15(2)30)24(20)25(31)28-18-13-21(26)23(22(27)14-18)16-7-10-34-11-8-16/h4-5,7,12-14,24H,3,6,8-11H2,1-2H3,(H,28,31). The maximum atomic E-state index is 13.5. The molecule has 2 amide bonds. The van der Waals surface area contributed by atoms with Crippen LogP contribution in [0.15, 0.2) is 41.3 Å². The van der Waals surface area contributed by atoms with Crippen molar-refractivity contribution in [2.24, 2.45) is 0 Å². The van der Waals surface area contributed by atoms with Gasteiger partial charge in [0.15, 0.2) is 9.84 Å². The molecule has 0 saturated carbocycles. The van der Waals surface area contributed by atoms with Crippen LogP contribution in [0.25, 0.3) is 5.57 Å². The van der Waals surface area contributed by atoms with E-state index in [1.807, 2.05) is 6.08 Å². The number of sulfone groups is 1. The monoisotopic (exact) mass is 536 g/mol. The van der Waals surface area contributed by atoms with E-state index in [0.29, 0.717) is 59.5 Å². The number of carbonyl (C=O) groups excluding carboxylic acids is 2. The molecule has 186 valence electrons. The summed E-state index contributed by atoms with van der Waals surface area (Å²) in [6.07, 6.45) is 3.08. The molecule has 0 fully saturated rings. The molecular formula is C25H26Cl2N2O5S. The number of rotatable bonds is 5. The van der Waals surface area contributed by atoms with Gasteiger partial charge in [0.2, 0.25) is 5.91 Å². The van der Waals surface area contributed by atoms with Crippen molar-refractivity contribution in [3.63, 3.8) is 0 Å². The Morgan fingerprint density at radius 1 is 1.14 bits per heavy atom. The van der Waals surface area contributed by atoms with Gasteiger partial charge in [-0.2, -0.15) is 0 Å². The molecule has 0 bridgehead atoms. The molecule has 0 spiro atoms. The van der Waals surface area contributed by atoms with Crippen molar-refractivity contribution in [1.82, 2.24) is 4.90 Å². The molecule has 2 aromatic rings. The number of nitrogens with zero attached hydrogens (tertiary/aromatic N) is 1. The van der Waals surface area contributed by atoms with Gasteiger partial charge in [-0.3, -0.25) is 9.59 Å². The lowest BCUT2D eigenvalue weighted by molar-refractivity contribution is -0.137. The van der Waals surface area contributed by atoms with Crippen molar-refractivity contribution in [1.29, 1.82) is 0 Å². The van der Waals surface area contributed by atoms with Gasteiger partial charge >= 0.3 is 0 Å². The Labute approximate surface area is 215 Å². The van der Waals surface area contributed by atoms with E-state index in [1.165, 1.54) is 17.9 Å². The van der Waals surface area contributed by atoms with Gasteiger partial charge in [-0.1, -0.05) is 42.3 Å². The predicted octanol–water partition coefficient (Wildman–Crippen LogP) is 4.68. The summed E-state index contributed by atoms with van der Waals surface area (Å²) in [6, 6.07) is 7.08. The molecule has 0 aliphatic carbocycles. The molecule has 2 aliphatic rings. The smallest absolute Gasteiger partial charge is 0.251 e. The molecule has 0 radical (unpaired) electrons. The van der Waals surface area contributed by atoms with Crippen molar-refractivity contribution in [2.45, 2.75) is 37.6 Å². The van der Waals surface area contributed by atoms with Crippen molar-refractivity contribution < 1.29 is 22.7 Å². The molecule has 1 unspecified atom stereocenters. The van der Waals surface area contributed by atoms with Crippen LogP contribution >= 0.6 is 23.2 Å². The van der Waals surface area contributed by atoms with Crippen LogP contribution < -0.4 is 5.32 Å². The van der Waals surface area contributed by atoms with E-state index in [-0.39, 0.29) is 16.6 Å². The SMILES string of the molecule is CCS(=O)(=O)c1ccc2c(c1)CCN(C(C)=O)C2C(=O)Nc1cc(Cl)c(C2=CCOCC2)c(Cl)c1. The summed E-state index contributed by atoms with van der Waals surface area (Å²) in [6.45, 7) is 4.37. The topological polar surface area (TPSA) is 92.8 Å². The summed E-state index contributed by atoms with van der Waals surface area (Å²) in [5.74, 6) is -0.701. The number of amides is 2. The minimum absolute atomic E-state index is 0.0171. The number of anilines is 1. The van der Waals surface area contributed by atoms with Crippen LogP contribution in [0.2, 0.25) is 10.0 Å². The molecular weight excluding hydrogens is 511 g/mol. The quantitative estimate of drug-likeness (QED) is 0.598. The Balaban J connectivity index is 1.66. The Morgan fingerprint density at radius 3 is 2.46 bits per heavy atom. The van der Waals surface area contributed by atoms with Gasteiger partial charge in [0.05, 0.1) is 33.9 Å². The summed E-state index contributed by atoms with van der Waals surface area (Å²) in [5, 5.41) is 3.65. The molecule has 0 aromatic heterocycles. The first kappa shape index (κ1) is 25.7. The molecule has 2 aliphatic heterocycles. The third-order valence-electron chi connectivity index (χ3n) is 6.33. The molecule has 10 heteroatoms. The first-order valence-corrected chi connectivity index (χ1v) is 13.7. The van der Waals surface area contributed by atoms with E-state index in [9.17, 15) is 18.0 Å². The van der Waals surface area contributed by atoms with Gasteiger partial charge in [-0.25, -0.2) is 8.42 Å². The maximum Gasteiger partial charge on any atom is 0.251 e. The zero-order valence-electron chi connectivity index (χ0n) is 19.4. The summed E-state index contributed by atoms with van der Waals surface area (Å²) < 4.78 is 30.0. The largest absolute Gasteiger partial charge is 0.377 e. The Hall–Kier alpha value is -2.39. The van der Waals surface area contributed by atoms with Gasteiger partial charge in [0.1, 0.15) is 6.04 Å². The average Bonchev–Trinajstić information content (AvgIpc) is 2.83. The first-order chi connectivity index (χ1) is 16.6. The highest BCUT2D eigenvalue weighted by Gasteiger charge is 2.35. The highest BCUT2D eigenvalue weighted by Crippen LogP contribution is 2.38. The van der Waals surface area contributed by atoms with E-state index in [2.05, 4.69) is 5.32 Å². The molecule has 7 nitrogen and oxygen atoms in total. The lowest BCUT2D eigenvalue weighted by atomic mass is 9.91. The molecule has 1 N–H and O–H groups in total. The van der Waals surface area contributed by atoms with Crippen molar-refractivity contribution in [3.05, 3.63) is 63.1 Å². The molecule has 1 atom stereocenters. The third-order valence-corrected chi connectivity index (χ3v) is 8.66. The Kier molecular flexibility index (Phi) is 7.57. The van der Waals surface area contributed by atoms with Crippen LogP contribution in [0, 0.1) is 0 Å². The van der Waals surface area contributed by atoms with Crippen LogP contribution in [0.1, 0.15) is 43.0 Å². The fraction of sp³-hybridized carbons (Fsp3) is 0.360. The minimum Gasteiger partial charge on any atom is -0.377 e. The van der Waals surface area contributed by atoms with Crippen LogP contribution in [-0.2, 0) is 30.6 Å². The highest BCUT2D eigenvalue weighted by molar-refractivity contribution is 7.91. The Bertz CT molecular complexity index is 1300. The third kappa shape index (κ3) is 5.26. The number of halogens is 2. The number of ether oxygens (including phenoxy) is 1. The van der Waals surface area contributed by atoms with Gasteiger partial charge in [-0.15, -0.1) is 0 Å². The first-order valence-electron chi connectivity index (χ1n) is 11.3. The average molecular weight is 537 g/mol. The second-order valence-corrected chi connectivity index (χ2v) is 11.6. The lowest BCUT2D eigenvalue weighted by Crippen LogP contribution is -2.44. The zero-order valence-corrected chi connectivity index (χ0v) is 21.8. The van der Waals surface area contributed by atoms with Crippen LogP contribution in [-0.4, -0.2) is 50.6 Å². The van der Waals surface area contributed by atoms with Gasteiger partial charge < -0.3 is 15.0 Å². The zero-order chi connectivity index (χ0) is 25.3. The lowest BCUT2D eigenvalue weighted by Gasteiger charge is -2.36. The fourth-order valence-corrected chi connectivity index (χ4v) is 6.16. The fourth-order valence-electron chi connectivity index (χ4n) is 4.50. The van der Waals surface area contributed by atoms with E-state index < -0.39 is 21.8 Å². The van der Waals surface area contributed by atoms with E-state index in [4.69, 9.17) is 27.9 Å².